The molecule has 0 spiro atoms. The molecule has 0 bridgehead atoms. The van der Waals surface area contributed by atoms with Crippen molar-refractivity contribution in [3.05, 3.63) is 65.9 Å². The molecule has 5 aromatic rings. The number of fused-ring (bicyclic) bond motifs is 6. The third-order valence-corrected chi connectivity index (χ3v) is 12.9. The Morgan fingerprint density at radius 2 is 1.65 bits per heavy atom. The summed E-state index contributed by atoms with van der Waals surface area (Å²) >= 11 is 0. The zero-order valence-corrected chi connectivity index (χ0v) is 36.5. The molecule has 62 heavy (non-hydrogen) atoms. The number of nitrogens with one attached hydrogen (secondary N) is 4. The van der Waals surface area contributed by atoms with Gasteiger partial charge in [0.25, 0.3) is 0 Å². The second-order valence-corrected chi connectivity index (χ2v) is 17.2. The van der Waals surface area contributed by atoms with Crippen LogP contribution in [-0.2, 0) is 30.4 Å². The third-order valence-electron chi connectivity index (χ3n) is 12.9. The summed E-state index contributed by atoms with van der Waals surface area (Å²) in [7, 11) is 4.06. The van der Waals surface area contributed by atoms with E-state index in [9.17, 15) is 19.2 Å². The van der Waals surface area contributed by atoms with Crippen LogP contribution >= 0.6 is 0 Å². The normalized spacial score (nSPS) is 21.0. The number of nitrogens with zero attached hydrogens (tertiary/aromatic N) is 4. The summed E-state index contributed by atoms with van der Waals surface area (Å²) in [6, 6.07) is 12.4. The Bertz CT molecular complexity index is 2510. The maximum Gasteiger partial charge on any atom is 0.407 e. The SMILES string of the molecule is CC[C@H]1CC[C@@H](c2ncc(-c3ccc4c(c3)COc3cc5c(ccc6[nH]c([C@@H]7C[C@H](C)CN7C(=O)[C@@H](NC(=O)OC)[C@@H](C)OC)nc65)cc3-4)[nH]2)N1C(=O)[C@@H](NC(=O)OC)C(C)C. The monoisotopic (exact) mass is 848 g/mol. The predicted octanol–water partition coefficient (Wildman–Crippen LogP) is 7.16. The van der Waals surface area contributed by atoms with E-state index in [0.29, 0.717) is 31.2 Å². The number of methoxy groups -OCH3 is 3. The van der Waals surface area contributed by atoms with Gasteiger partial charge in [0.1, 0.15) is 36.1 Å². The number of carbonyl (C=O) groups excluding carboxylic acids is 4. The van der Waals surface area contributed by atoms with Gasteiger partial charge in [0.05, 0.1) is 55.3 Å². The number of rotatable bonds is 11. The van der Waals surface area contributed by atoms with E-state index < -0.39 is 30.4 Å². The van der Waals surface area contributed by atoms with Gasteiger partial charge >= 0.3 is 12.2 Å². The predicted molar refractivity (Wildman–Crippen MR) is 232 cm³/mol. The van der Waals surface area contributed by atoms with Crippen molar-refractivity contribution in [2.75, 3.05) is 27.9 Å². The van der Waals surface area contributed by atoms with E-state index in [-0.39, 0.29) is 41.8 Å². The van der Waals surface area contributed by atoms with Crippen LogP contribution in [0, 0.1) is 11.8 Å². The van der Waals surface area contributed by atoms with Crippen LogP contribution in [0.3, 0.4) is 0 Å². The molecule has 3 aliphatic heterocycles. The number of alkyl carbamates (subject to hydrolysis) is 2. The highest BCUT2D eigenvalue weighted by Crippen LogP contribution is 2.44. The molecule has 8 rings (SSSR count). The summed E-state index contributed by atoms with van der Waals surface area (Å²) in [5.41, 5.74) is 6.52. The molecule has 2 fully saturated rings. The van der Waals surface area contributed by atoms with Gasteiger partial charge in [0.15, 0.2) is 0 Å². The Morgan fingerprint density at radius 1 is 0.887 bits per heavy atom. The Balaban J connectivity index is 1.05. The standard InChI is InChI=1S/C46H56N8O8/c1-9-29-12-15-35(54(29)44(56)38(23(2)3)51-45(57)60-7)41-47-20-34(49-41)27-10-13-30-28(17-27)22-62-37-19-31-26(18-32(30)37)11-14-33-40(31)50-42(48-33)36-16-24(4)21-53(36)43(55)39(25(5)59-6)52-46(58)61-8/h10-11,13-14,17-20,23-25,29,35-36,38-39H,9,12,15-16,21-22H2,1-8H3,(H,47,49)(H,48,50)(H,51,57)(H,52,58)/t24-,25+,29-,35-,36-,38-,39-/m0/s1. The zero-order valence-electron chi connectivity index (χ0n) is 36.5. The number of H-pyrrole nitrogens is 2. The van der Waals surface area contributed by atoms with Gasteiger partial charge in [-0.15, -0.1) is 0 Å². The summed E-state index contributed by atoms with van der Waals surface area (Å²) in [4.78, 5) is 73.0. The van der Waals surface area contributed by atoms with E-state index in [0.717, 1.165) is 74.8 Å². The minimum absolute atomic E-state index is 0.0312. The Labute approximate surface area is 360 Å². The molecule has 5 heterocycles. The van der Waals surface area contributed by atoms with E-state index in [1.54, 1.807) is 11.8 Å². The summed E-state index contributed by atoms with van der Waals surface area (Å²) in [6.07, 6.45) is 3.01. The molecular weight excluding hydrogens is 793 g/mol. The van der Waals surface area contributed by atoms with Gasteiger partial charge in [-0.1, -0.05) is 45.9 Å². The van der Waals surface area contributed by atoms with Crippen molar-refractivity contribution >= 4 is 45.8 Å². The first-order chi connectivity index (χ1) is 29.8. The lowest BCUT2D eigenvalue weighted by molar-refractivity contribution is -0.138. The average molecular weight is 849 g/mol. The molecule has 0 unspecified atom stereocenters. The molecule has 3 aliphatic rings. The van der Waals surface area contributed by atoms with E-state index >= 15 is 0 Å². The van der Waals surface area contributed by atoms with Crippen molar-refractivity contribution in [1.29, 1.82) is 0 Å². The van der Waals surface area contributed by atoms with E-state index in [1.807, 2.05) is 31.0 Å². The molecular formula is C46H56N8O8. The number of hydrogen-bond acceptors (Lipinski definition) is 10. The first kappa shape index (κ1) is 42.5. The van der Waals surface area contributed by atoms with Gasteiger partial charge in [0.2, 0.25) is 11.8 Å². The third kappa shape index (κ3) is 7.80. The summed E-state index contributed by atoms with van der Waals surface area (Å²) in [5.74, 6) is 1.84. The second kappa shape index (κ2) is 17.3. The lowest BCUT2D eigenvalue weighted by atomic mass is 9.92. The topological polar surface area (TPSA) is 193 Å². The molecule has 16 heteroatoms. The Hall–Kier alpha value is -6.16. The van der Waals surface area contributed by atoms with Crippen molar-refractivity contribution in [3.63, 3.8) is 0 Å². The van der Waals surface area contributed by atoms with Crippen LogP contribution in [0.2, 0.25) is 0 Å². The molecule has 2 aromatic heterocycles. The fraction of sp³-hybridized carbons (Fsp3) is 0.478. The van der Waals surface area contributed by atoms with Gasteiger partial charge in [-0.3, -0.25) is 9.59 Å². The maximum atomic E-state index is 14.0. The molecule has 3 aromatic carbocycles. The number of imidazole rings is 2. The number of carbonyl (C=O) groups is 4. The van der Waals surface area contributed by atoms with Gasteiger partial charge in [-0.2, -0.15) is 0 Å². The number of aromatic amines is 2. The van der Waals surface area contributed by atoms with Crippen molar-refractivity contribution < 1.29 is 38.1 Å². The number of benzene rings is 3. The Kier molecular flexibility index (Phi) is 11.9. The first-order valence-electron chi connectivity index (χ1n) is 21.5. The van der Waals surface area contributed by atoms with Gasteiger partial charge in [-0.05, 0) is 90.8 Å². The molecule has 7 atom stereocenters. The number of likely N-dealkylation sites (tertiary alicyclic amines) is 2. The fourth-order valence-electron chi connectivity index (χ4n) is 9.46. The molecule has 0 aliphatic carbocycles. The fourth-order valence-corrected chi connectivity index (χ4v) is 9.46. The van der Waals surface area contributed by atoms with Gasteiger partial charge in [-0.25, -0.2) is 19.6 Å². The van der Waals surface area contributed by atoms with Crippen LogP contribution in [-0.4, -0.2) is 106 Å². The molecule has 16 nitrogen and oxygen atoms in total. The molecule has 4 N–H and O–H groups in total. The number of hydrogen-bond donors (Lipinski definition) is 4. The molecule has 328 valence electrons. The van der Waals surface area contributed by atoms with Crippen LogP contribution in [0.15, 0.2) is 48.7 Å². The molecule has 0 saturated carbocycles. The largest absolute Gasteiger partial charge is 0.488 e. The summed E-state index contributed by atoms with van der Waals surface area (Å²) in [6.45, 7) is 10.6. The van der Waals surface area contributed by atoms with Crippen LogP contribution in [0.1, 0.15) is 89.6 Å². The Morgan fingerprint density at radius 3 is 2.35 bits per heavy atom. The lowest BCUT2D eigenvalue weighted by Crippen LogP contribution is -2.54. The van der Waals surface area contributed by atoms with Crippen LogP contribution in [0.5, 0.6) is 5.75 Å². The number of aromatic nitrogens is 4. The first-order valence-corrected chi connectivity index (χ1v) is 21.5. The number of amides is 4. The van der Waals surface area contributed by atoms with Crippen LogP contribution < -0.4 is 15.4 Å². The number of ether oxygens (including phenoxy) is 4. The lowest BCUT2D eigenvalue weighted by Gasteiger charge is -2.34. The maximum absolute atomic E-state index is 14.0. The highest BCUT2D eigenvalue weighted by Gasteiger charge is 2.43. The van der Waals surface area contributed by atoms with Gasteiger partial charge in [0, 0.05) is 30.6 Å². The highest BCUT2D eigenvalue weighted by atomic mass is 16.5. The highest BCUT2D eigenvalue weighted by molar-refractivity contribution is 6.07. The van der Waals surface area contributed by atoms with Crippen molar-refractivity contribution in [2.24, 2.45) is 11.8 Å². The van der Waals surface area contributed by atoms with Crippen molar-refractivity contribution in [1.82, 2.24) is 40.4 Å². The molecule has 4 amide bonds. The molecule has 0 radical (unpaired) electrons. The smallest absolute Gasteiger partial charge is 0.407 e. The average Bonchev–Trinajstić information content (AvgIpc) is 4.11. The van der Waals surface area contributed by atoms with Crippen molar-refractivity contribution in [3.8, 4) is 28.1 Å². The van der Waals surface area contributed by atoms with Crippen LogP contribution in [0.25, 0.3) is 44.2 Å². The van der Waals surface area contributed by atoms with Crippen molar-refractivity contribution in [2.45, 2.75) is 103 Å². The van der Waals surface area contributed by atoms with E-state index in [4.69, 9.17) is 28.9 Å². The van der Waals surface area contributed by atoms with Crippen LogP contribution in [0.4, 0.5) is 9.59 Å². The minimum atomic E-state index is -0.930. The summed E-state index contributed by atoms with van der Waals surface area (Å²) < 4.78 is 21.5. The van der Waals surface area contributed by atoms with Gasteiger partial charge < -0.3 is 49.3 Å². The quantitative estimate of drug-likeness (QED) is 0.106. The minimum Gasteiger partial charge on any atom is -0.488 e. The molecule has 2 saturated heterocycles. The zero-order chi connectivity index (χ0) is 44.0. The van der Waals surface area contributed by atoms with E-state index in [1.165, 1.54) is 21.3 Å². The van der Waals surface area contributed by atoms with E-state index in [2.05, 4.69) is 70.8 Å². The summed E-state index contributed by atoms with van der Waals surface area (Å²) in [5, 5.41) is 7.34. The second-order valence-electron chi connectivity index (χ2n) is 17.2.